The highest BCUT2D eigenvalue weighted by atomic mass is 32.2. The fraction of sp³-hybridized carbons (Fsp3) is 0.462. The van der Waals surface area contributed by atoms with Crippen LogP contribution in [0.3, 0.4) is 0 Å². The summed E-state index contributed by atoms with van der Waals surface area (Å²) in [6.07, 6.45) is 0. The Balaban J connectivity index is 2.45. The summed E-state index contributed by atoms with van der Waals surface area (Å²) in [6, 6.07) is 3.84. The molecule has 1 unspecified atom stereocenters. The topological polar surface area (TPSA) is 102 Å². The standard InChI is InChI=1S/C13H19N3O4S/c1-9-3-4-10(14)7-12(9)21(18,19)16-5-6-20-8-11(16)13(17)15-2/h3-4,7,11H,5-6,8,14H2,1-2H3,(H,15,17). The Hall–Kier alpha value is -1.64. The Bertz CT molecular complexity index is 645. The SMILES string of the molecule is CNC(=O)C1COCCN1S(=O)(=O)c1cc(N)ccc1C. The first-order chi connectivity index (χ1) is 9.87. The average molecular weight is 313 g/mol. The number of nitrogens with one attached hydrogen (secondary N) is 1. The van der Waals surface area contributed by atoms with Gasteiger partial charge in [0.1, 0.15) is 6.04 Å². The highest BCUT2D eigenvalue weighted by Gasteiger charge is 2.38. The molecule has 7 nitrogen and oxygen atoms in total. The molecule has 8 heteroatoms. The highest BCUT2D eigenvalue weighted by molar-refractivity contribution is 7.89. The van der Waals surface area contributed by atoms with E-state index in [0.717, 1.165) is 0 Å². The summed E-state index contributed by atoms with van der Waals surface area (Å²) in [7, 11) is -2.34. The maximum absolute atomic E-state index is 12.8. The zero-order valence-corrected chi connectivity index (χ0v) is 12.8. The van der Waals surface area contributed by atoms with Crippen molar-refractivity contribution in [1.82, 2.24) is 9.62 Å². The van der Waals surface area contributed by atoms with Gasteiger partial charge in [-0.1, -0.05) is 6.07 Å². The van der Waals surface area contributed by atoms with Crippen molar-refractivity contribution >= 4 is 21.6 Å². The van der Waals surface area contributed by atoms with Crippen LogP contribution in [-0.4, -0.2) is 51.5 Å². The monoisotopic (exact) mass is 313 g/mol. The number of morpholine rings is 1. The van der Waals surface area contributed by atoms with E-state index in [4.69, 9.17) is 10.5 Å². The molecular weight excluding hydrogens is 294 g/mol. The van der Waals surface area contributed by atoms with Crippen LogP contribution in [0.15, 0.2) is 23.1 Å². The number of nitrogens with two attached hydrogens (primary N) is 1. The van der Waals surface area contributed by atoms with Gasteiger partial charge in [0.2, 0.25) is 15.9 Å². The number of amides is 1. The Morgan fingerprint density at radius 1 is 1.48 bits per heavy atom. The molecule has 1 fully saturated rings. The van der Waals surface area contributed by atoms with Crippen LogP contribution in [0.2, 0.25) is 0 Å². The van der Waals surface area contributed by atoms with Crippen molar-refractivity contribution < 1.29 is 17.9 Å². The van der Waals surface area contributed by atoms with Gasteiger partial charge in [-0.25, -0.2) is 8.42 Å². The van der Waals surface area contributed by atoms with Crippen molar-refractivity contribution in [2.24, 2.45) is 0 Å². The van der Waals surface area contributed by atoms with E-state index in [0.29, 0.717) is 11.3 Å². The Kier molecular flexibility index (Phi) is 4.50. The van der Waals surface area contributed by atoms with Gasteiger partial charge in [-0.05, 0) is 24.6 Å². The van der Waals surface area contributed by atoms with Gasteiger partial charge in [-0.3, -0.25) is 4.79 Å². The molecule has 1 amide bonds. The summed E-state index contributed by atoms with van der Waals surface area (Å²) in [6.45, 7) is 2.13. The number of nitrogen functional groups attached to an aromatic ring is 1. The first-order valence-electron chi connectivity index (χ1n) is 6.55. The first kappa shape index (κ1) is 15.7. The Labute approximate surface area is 124 Å². The molecule has 0 aliphatic carbocycles. The predicted molar refractivity (Wildman–Crippen MR) is 78.2 cm³/mol. The number of sulfonamides is 1. The van der Waals surface area contributed by atoms with Crippen LogP contribution in [0.25, 0.3) is 0 Å². The van der Waals surface area contributed by atoms with Crippen LogP contribution in [0.1, 0.15) is 5.56 Å². The Morgan fingerprint density at radius 3 is 2.86 bits per heavy atom. The van der Waals surface area contributed by atoms with Crippen molar-refractivity contribution in [2.45, 2.75) is 17.9 Å². The average Bonchev–Trinajstić information content (AvgIpc) is 2.48. The van der Waals surface area contributed by atoms with E-state index >= 15 is 0 Å². The number of nitrogens with zero attached hydrogens (tertiary/aromatic N) is 1. The maximum Gasteiger partial charge on any atom is 0.244 e. The van der Waals surface area contributed by atoms with E-state index in [2.05, 4.69) is 5.32 Å². The predicted octanol–water partition coefficient (Wildman–Crippen LogP) is -0.287. The van der Waals surface area contributed by atoms with Crippen molar-refractivity contribution in [3.05, 3.63) is 23.8 Å². The van der Waals surface area contributed by atoms with Crippen LogP contribution in [0.4, 0.5) is 5.69 Å². The molecule has 0 aromatic heterocycles. The fourth-order valence-electron chi connectivity index (χ4n) is 2.27. The lowest BCUT2D eigenvalue weighted by atomic mass is 10.2. The van der Waals surface area contributed by atoms with E-state index in [9.17, 15) is 13.2 Å². The van der Waals surface area contributed by atoms with E-state index in [1.807, 2.05) is 0 Å². The first-order valence-corrected chi connectivity index (χ1v) is 7.99. The maximum atomic E-state index is 12.8. The lowest BCUT2D eigenvalue weighted by Gasteiger charge is -2.33. The van der Waals surface area contributed by atoms with Gasteiger partial charge < -0.3 is 15.8 Å². The zero-order valence-electron chi connectivity index (χ0n) is 12.0. The van der Waals surface area contributed by atoms with Crippen LogP contribution >= 0.6 is 0 Å². The van der Waals surface area contributed by atoms with Gasteiger partial charge >= 0.3 is 0 Å². The largest absolute Gasteiger partial charge is 0.399 e. The molecule has 2 rings (SSSR count). The summed E-state index contributed by atoms with van der Waals surface area (Å²) in [5.41, 5.74) is 6.64. The van der Waals surface area contributed by atoms with Gasteiger partial charge in [0.05, 0.1) is 18.1 Å². The molecule has 3 N–H and O–H groups in total. The number of anilines is 1. The smallest absolute Gasteiger partial charge is 0.244 e. The third kappa shape index (κ3) is 3.02. The molecule has 116 valence electrons. The summed E-state index contributed by atoms with van der Waals surface area (Å²) in [5.74, 6) is -0.389. The van der Waals surface area contributed by atoms with Crippen LogP contribution < -0.4 is 11.1 Å². The molecule has 0 spiro atoms. The van der Waals surface area contributed by atoms with E-state index in [1.54, 1.807) is 19.1 Å². The minimum absolute atomic E-state index is 0.0419. The van der Waals surface area contributed by atoms with Gasteiger partial charge in [0, 0.05) is 19.3 Å². The van der Waals surface area contributed by atoms with Crippen molar-refractivity contribution in [3.8, 4) is 0 Å². The second-order valence-corrected chi connectivity index (χ2v) is 6.70. The molecule has 1 aromatic carbocycles. The Morgan fingerprint density at radius 2 is 2.19 bits per heavy atom. The highest BCUT2D eigenvalue weighted by Crippen LogP contribution is 2.25. The molecule has 0 bridgehead atoms. The van der Waals surface area contributed by atoms with Crippen molar-refractivity contribution in [1.29, 1.82) is 0 Å². The number of ether oxygens (including phenoxy) is 1. The number of carbonyl (C=O) groups excluding carboxylic acids is 1. The summed E-state index contributed by atoms with van der Waals surface area (Å²) >= 11 is 0. The van der Waals surface area contributed by atoms with Gasteiger partial charge in [-0.2, -0.15) is 4.31 Å². The molecule has 1 saturated heterocycles. The number of aryl methyl sites for hydroxylation is 1. The van der Waals surface area contributed by atoms with Crippen LogP contribution in [-0.2, 0) is 19.6 Å². The number of benzene rings is 1. The van der Waals surface area contributed by atoms with E-state index in [-0.39, 0.29) is 30.6 Å². The molecule has 0 saturated carbocycles. The lowest BCUT2D eigenvalue weighted by molar-refractivity contribution is -0.128. The molecule has 1 aliphatic heterocycles. The quantitative estimate of drug-likeness (QED) is 0.747. The van der Waals surface area contributed by atoms with Gasteiger partial charge in [0.15, 0.2) is 0 Å². The fourth-order valence-corrected chi connectivity index (χ4v) is 4.09. The third-order valence-corrected chi connectivity index (χ3v) is 5.48. The molecule has 0 radical (unpaired) electrons. The normalized spacial score (nSPS) is 20.2. The van der Waals surface area contributed by atoms with E-state index < -0.39 is 16.1 Å². The number of hydrogen-bond donors (Lipinski definition) is 2. The number of hydrogen-bond acceptors (Lipinski definition) is 5. The lowest BCUT2D eigenvalue weighted by Crippen LogP contribution is -2.55. The summed E-state index contributed by atoms with van der Waals surface area (Å²) < 4.78 is 32.1. The molecule has 21 heavy (non-hydrogen) atoms. The second-order valence-electron chi connectivity index (χ2n) is 4.85. The zero-order chi connectivity index (χ0) is 15.6. The van der Waals surface area contributed by atoms with Crippen LogP contribution in [0, 0.1) is 6.92 Å². The van der Waals surface area contributed by atoms with E-state index in [1.165, 1.54) is 17.4 Å². The third-order valence-electron chi connectivity index (χ3n) is 3.43. The summed E-state index contributed by atoms with van der Waals surface area (Å²) in [4.78, 5) is 12.0. The van der Waals surface area contributed by atoms with Gasteiger partial charge in [-0.15, -0.1) is 0 Å². The number of likely N-dealkylation sites (N-methyl/N-ethyl adjacent to an activating group) is 1. The summed E-state index contributed by atoms with van der Waals surface area (Å²) in [5, 5.41) is 2.46. The molecule has 1 aliphatic rings. The molecule has 1 aromatic rings. The number of carbonyl (C=O) groups is 1. The van der Waals surface area contributed by atoms with Crippen molar-refractivity contribution in [3.63, 3.8) is 0 Å². The number of rotatable bonds is 3. The second kappa shape index (κ2) is 6.00. The minimum atomic E-state index is -3.81. The molecule has 1 atom stereocenters. The molecule has 1 heterocycles. The van der Waals surface area contributed by atoms with Crippen LogP contribution in [0.5, 0.6) is 0 Å². The molecular formula is C13H19N3O4S. The minimum Gasteiger partial charge on any atom is -0.399 e. The van der Waals surface area contributed by atoms with Crippen molar-refractivity contribution in [2.75, 3.05) is 32.5 Å². The van der Waals surface area contributed by atoms with Gasteiger partial charge in [0.25, 0.3) is 0 Å².